The molecule has 0 aromatic heterocycles. The van der Waals surface area contributed by atoms with Gasteiger partial charge in [0.15, 0.2) is 0 Å². The molecule has 1 unspecified atom stereocenters. The molecule has 0 saturated carbocycles. The van der Waals surface area contributed by atoms with Crippen LogP contribution in [0, 0.1) is 0 Å². The molecule has 120 valence electrons. The van der Waals surface area contributed by atoms with Gasteiger partial charge >= 0.3 is 18.3 Å². The molecule has 0 rings (SSSR count). The number of alkyl halides is 6. The van der Waals surface area contributed by atoms with E-state index in [1.165, 1.54) is 0 Å². The van der Waals surface area contributed by atoms with Gasteiger partial charge in [-0.2, -0.15) is 26.3 Å². The zero-order valence-corrected chi connectivity index (χ0v) is 10.9. The van der Waals surface area contributed by atoms with Crippen LogP contribution in [0.3, 0.4) is 0 Å². The summed E-state index contributed by atoms with van der Waals surface area (Å²) in [6, 6.07) is -1.79. The van der Waals surface area contributed by atoms with Crippen LogP contribution in [0.5, 0.6) is 0 Å². The lowest BCUT2D eigenvalue weighted by Gasteiger charge is -2.26. The number of halogens is 6. The molecule has 10 heteroatoms. The number of rotatable bonds is 6. The first-order chi connectivity index (χ1) is 8.89. The maximum Gasteiger partial charge on any atom is 0.423 e. The number of carbonyl (C=O) groups excluding carboxylic acids is 1. The van der Waals surface area contributed by atoms with Crippen LogP contribution in [0.4, 0.5) is 26.3 Å². The third kappa shape index (κ3) is 6.42. The van der Waals surface area contributed by atoms with Gasteiger partial charge in [-0.3, -0.25) is 4.79 Å². The quantitative estimate of drug-likeness (QED) is 0.602. The summed E-state index contributed by atoms with van der Waals surface area (Å²) >= 11 is 0. The molecule has 0 aromatic rings. The maximum atomic E-state index is 12.2. The summed E-state index contributed by atoms with van der Waals surface area (Å²) < 4.78 is 81.5. The topological polar surface area (TPSA) is 47.6 Å². The van der Waals surface area contributed by atoms with Crippen molar-refractivity contribution < 1.29 is 40.6 Å². The van der Waals surface area contributed by atoms with Gasteiger partial charge in [0.1, 0.15) is 6.04 Å². The van der Waals surface area contributed by atoms with Crippen molar-refractivity contribution in [3.05, 3.63) is 0 Å². The second-order valence-electron chi connectivity index (χ2n) is 4.19. The van der Waals surface area contributed by atoms with Crippen LogP contribution >= 0.6 is 0 Å². The number of hydrogen-bond donors (Lipinski definition) is 1. The Morgan fingerprint density at radius 3 is 1.85 bits per heavy atom. The molecule has 0 amide bonds. The van der Waals surface area contributed by atoms with E-state index in [2.05, 4.69) is 14.8 Å². The van der Waals surface area contributed by atoms with Gasteiger partial charge in [-0.25, -0.2) is 0 Å². The molecule has 1 atom stereocenters. The Bertz CT molecular complexity index is 301. The van der Waals surface area contributed by atoms with E-state index in [0.29, 0.717) is 0 Å². The summed E-state index contributed by atoms with van der Waals surface area (Å²) in [5, 5.41) is 2.45. The summed E-state index contributed by atoms with van der Waals surface area (Å²) in [5.41, 5.74) is 0. The fraction of sp³-hybridized carbons (Fsp3) is 0.900. The molecule has 0 spiro atoms. The molecule has 0 radical (unpaired) electrons. The number of methoxy groups -OCH3 is 1. The number of esters is 1. The molecule has 0 fully saturated rings. The minimum atomic E-state index is -5.61. The van der Waals surface area contributed by atoms with E-state index in [1.54, 1.807) is 13.8 Å². The highest BCUT2D eigenvalue weighted by Gasteiger charge is 2.58. The second kappa shape index (κ2) is 7.11. The van der Waals surface area contributed by atoms with Crippen LogP contribution < -0.4 is 5.32 Å². The Balaban J connectivity index is 4.84. The average Bonchev–Trinajstić information content (AvgIpc) is 2.22. The molecular weight excluding hydrogens is 296 g/mol. The fourth-order valence-electron chi connectivity index (χ4n) is 1.30. The predicted octanol–water partition coefficient (Wildman–Crippen LogP) is 2.04. The Hall–Kier alpha value is -1.03. The molecule has 0 aliphatic rings. The second-order valence-corrected chi connectivity index (χ2v) is 4.19. The van der Waals surface area contributed by atoms with Crippen LogP contribution in [-0.4, -0.2) is 50.2 Å². The van der Waals surface area contributed by atoms with Gasteiger partial charge in [-0.15, -0.1) is 0 Å². The lowest BCUT2D eigenvalue weighted by Crippen LogP contribution is -2.50. The zero-order valence-electron chi connectivity index (χ0n) is 10.9. The van der Waals surface area contributed by atoms with Crippen LogP contribution in [0.25, 0.3) is 0 Å². The average molecular weight is 311 g/mol. The molecule has 0 bridgehead atoms. The van der Waals surface area contributed by atoms with Gasteiger partial charge in [0.25, 0.3) is 0 Å². The van der Waals surface area contributed by atoms with Gasteiger partial charge in [0, 0.05) is 6.04 Å². The van der Waals surface area contributed by atoms with E-state index in [-0.39, 0.29) is 6.04 Å². The Morgan fingerprint density at radius 2 is 1.55 bits per heavy atom. The standard InChI is InChI=1S/C10H15F6NO3/c1-5(2)17-6(7(18)19-3)4-20-8(9(11,12)13)10(14,15)16/h5-6,8,17H,4H2,1-3H3. The van der Waals surface area contributed by atoms with Gasteiger partial charge in [-0.05, 0) is 0 Å². The van der Waals surface area contributed by atoms with E-state index in [0.717, 1.165) is 7.11 Å². The van der Waals surface area contributed by atoms with Crippen molar-refractivity contribution in [2.24, 2.45) is 0 Å². The lowest BCUT2D eigenvalue weighted by molar-refractivity contribution is -0.322. The summed E-state index contributed by atoms with van der Waals surface area (Å²) in [4.78, 5) is 11.2. The Labute approximate surface area is 111 Å². The van der Waals surface area contributed by atoms with Gasteiger partial charge in [-0.1, -0.05) is 13.8 Å². The van der Waals surface area contributed by atoms with E-state index < -0.39 is 37.1 Å². The van der Waals surface area contributed by atoms with Gasteiger partial charge in [0.2, 0.25) is 6.10 Å². The molecule has 4 nitrogen and oxygen atoms in total. The molecule has 0 heterocycles. The van der Waals surface area contributed by atoms with Crippen LogP contribution in [-0.2, 0) is 14.3 Å². The molecule has 0 saturated heterocycles. The summed E-state index contributed by atoms with van der Waals surface area (Å²) in [6.07, 6.45) is -15.2. The number of hydrogen-bond acceptors (Lipinski definition) is 4. The molecule has 1 N–H and O–H groups in total. The van der Waals surface area contributed by atoms with Crippen molar-refractivity contribution in [3.8, 4) is 0 Å². The third-order valence-corrected chi connectivity index (χ3v) is 2.04. The van der Waals surface area contributed by atoms with Crippen molar-refractivity contribution in [1.82, 2.24) is 5.32 Å². The molecule has 0 aliphatic carbocycles. The highest BCUT2D eigenvalue weighted by Crippen LogP contribution is 2.35. The van der Waals surface area contributed by atoms with Crippen LogP contribution in [0.2, 0.25) is 0 Å². The lowest BCUT2D eigenvalue weighted by atomic mass is 10.2. The van der Waals surface area contributed by atoms with Crippen LogP contribution in [0.1, 0.15) is 13.8 Å². The largest absolute Gasteiger partial charge is 0.468 e. The van der Waals surface area contributed by atoms with Crippen LogP contribution in [0.15, 0.2) is 0 Å². The minimum absolute atomic E-state index is 0.363. The maximum absolute atomic E-state index is 12.2. The molecule has 20 heavy (non-hydrogen) atoms. The first-order valence-corrected chi connectivity index (χ1v) is 5.48. The van der Waals surface area contributed by atoms with E-state index in [4.69, 9.17) is 0 Å². The van der Waals surface area contributed by atoms with Crippen molar-refractivity contribution in [1.29, 1.82) is 0 Å². The van der Waals surface area contributed by atoms with E-state index in [9.17, 15) is 31.1 Å². The van der Waals surface area contributed by atoms with Gasteiger partial charge < -0.3 is 14.8 Å². The fourth-order valence-corrected chi connectivity index (χ4v) is 1.30. The predicted molar refractivity (Wildman–Crippen MR) is 55.9 cm³/mol. The Morgan fingerprint density at radius 1 is 1.10 bits per heavy atom. The first-order valence-electron chi connectivity index (χ1n) is 5.48. The summed E-state index contributed by atoms with van der Waals surface area (Å²) in [6.45, 7) is 2.00. The Kier molecular flexibility index (Phi) is 6.75. The van der Waals surface area contributed by atoms with Crippen molar-refractivity contribution in [2.75, 3.05) is 13.7 Å². The number of ether oxygens (including phenoxy) is 2. The summed E-state index contributed by atoms with van der Waals surface area (Å²) in [7, 11) is 0.961. The van der Waals surface area contributed by atoms with Crippen molar-refractivity contribution in [2.45, 2.75) is 44.4 Å². The molecule has 0 aliphatic heterocycles. The number of carbonyl (C=O) groups is 1. The monoisotopic (exact) mass is 311 g/mol. The van der Waals surface area contributed by atoms with Crippen molar-refractivity contribution in [3.63, 3.8) is 0 Å². The number of nitrogens with one attached hydrogen (secondary N) is 1. The van der Waals surface area contributed by atoms with E-state index >= 15 is 0 Å². The third-order valence-electron chi connectivity index (χ3n) is 2.04. The highest BCUT2D eigenvalue weighted by molar-refractivity contribution is 5.75. The summed E-state index contributed by atoms with van der Waals surface area (Å²) in [5.74, 6) is -1.01. The molecular formula is C10H15F6NO3. The minimum Gasteiger partial charge on any atom is -0.468 e. The zero-order chi connectivity index (χ0) is 16.1. The van der Waals surface area contributed by atoms with Gasteiger partial charge in [0.05, 0.1) is 13.7 Å². The van der Waals surface area contributed by atoms with Crippen molar-refractivity contribution >= 4 is 5.97 Å². The molecule has 0 aromatic carbocycles. The normalized spacial score (nSPS) is 14.8. The van der Waals surface area contributed by atoms with E-state index in [1.807, 2.05) is 0 Å². The SMILES string of the molecule is COC(=O)C(COC(C(F)(F)F)C(F)(F)F)NC(C)C. The highest BCUT2D eigenvalue weighted by atomic mass is 19.4. The smallest absolute Gasteiger partial charge is 0.423 e. The first kappa shape index (κ1) is 19.0.